The highest BCUT2D eigenvalue weighted by molar-refractivity contribution is 6.21. The Bertz CT molecular complexity index is 2180. The number of fused-ring (bicyclic) bond motifs is 3. The van der Waals surface area contributed by atoms with Crippen LogP contribution in [0.15, 0.2) is 152 Å². The van der Waals surface area contributed by atoms with Gasteiger partial charge in [-0.15, -0.1) is 0 Å². The number of hydrogen-bond acceptors (Lipinski definition) is 2. The van der Waals surface area contributed by atoms with Crippen LogP contribution in [0.3, 0.4) is 0 Å². The summed E-state index contributed by atoms with van der Waals surface area (Å²) in [6.07, 6.45) is 8.36. The number of hydrogen-bond donors (Lipinski definition) is 1. The minimum absolute atomic E-state index is 0.0638. The molecule has 8 rings (SSSR count). The lowest BCUT2D eigenvalue weighted by Crippen LogP contribution is -2.21. The van der Waals surface area contributed by atoms with Crippen LogP contribution in [-0.4, -0.2) is 4.98 Å². The molecule has 0 fully saturated rings. The zero-order valence-electron chi connectivity index (χ0n) is 24.0. The lowest BCUT2D eigenvalue weighted by atomic mass is 9.85. The third-order valence-electron chi connectivity index (χ3n) is 8.68. The molecular formula is C41H30N2. The number of aryl methyl sites for hydroxylation is 1. The monoisotopic (exact) mass is 550 g/mol. The molecular weight excluding hydrogens is 520 g/mol. The summed E-state index contributed by atoms with van der Waals surface area (Å²) in [5.41, 5.74) is 9.51. The number of benzene rings is 6. The van der Waals surface area contributed by atoms with Gasteiger partial charge in [0.1, 0.15) is 0 Å². The molecule has 1 aromatic heterocycles. The van der Waals surface area contributed by atoms with Crippen molar-refractivity contribution >= 4 is 38.0 Å². The Kier molecular flexibility index (Phi) is 6.12. The van der Waals surface area contributed by atoms with Crippen molar-refractivity contribution < 1.29 is 0 Å². The molecule has 1 N–H and O–H groups in total. The Morgan fingerprint density at radius 2 is 1.23 bits per heavy atom. The smallest absolute Gasteiger partial charge is 0.0701 e. The molecule has 1 aliphatic heterocycles. The van der Waals surface area contributed by atoms with E-state index in [1.165, 1.54) is 60.1 Å². The van der Waals surface area contributed by atoms with Gasteiger partial charge in [0, 0.05) is 23.2 Å². The van der Waals surface area contributed by atoms with E-state index in [1.807, 2.05) is 12.3 Å². The second-order valence-electron chi connectivity index (χ2n) is 11.3. The molecule has 0 aliphatic carbocycles. The van der Waals surface area contributed by atoms with Crippen molar-refractivity contribution in [3.63, 3.8) is 0 Å². The first-order valence-electron chi connectivity index (χ1n) is 14.8. The highest BCUT2D eigenvalue weighted by Gasteiger charge is 2.19. The normalized spacial score (nSPS) is 14.6. The molecule has 0 amide bonds. The lowest BCUT2D eigenvalue weighted by Gasteiger charge is -2.24. The largest absolute Gasteiger partial charge is 0.374 e. The molecule has 6 aromatic carbocycles. The maximum Gasteiger partial charge on any atom is 0.0701 e. The van der Waals surface area contributed by atoms with Gasteiger partial charge < -0.3 is 5.32 Å². The minimum Gasteiger partial charge on any atom is -0.374 e. The van der Waals surface area contributed by atoms with Gasteiger partial charge in [-0.05, 0) is 97.4 Å². The van der Waals surface area contributed by atoms with Crippen LogP contribution in [0.4, 0.5) is 0 Å². The van der Waals surface area contributed by atoms with E-state index in [0.29, 0.717) is 0 Å². The molecule has 1 aliphatic rings. The average molecular weight is 551 g/mol. The highest BCUT2D eigenvalue weighted by atomic mass is 14.9. The van der Waals surface area contributed by atoms with Gasteiger partial charge in [-0.2, -0.15) is 0 Å². The topological polar surface area (TPSA) is 24.9 Å². The second-order valence-corrected chi connectivity index (χ2v) is 11.3. The van der Waals surface area contributed by atoms with Crippen LogP contribution >= 0.6 is 0 Å². The first kappa shape index (κ1) is 25.3. The van der Waals surface area contributed by atoms with E-state index in [0.717, 1.165) is 17.0 Å². The van der Waals surface area contributed by atoms with E-state index in [-0.39, 0.29) is 6.04 Å². The van der Waals surface area contributed by atoms with E-state index < -0.39 is 0 Å². The molecule has 0 saturated heterocycles. The number of nitrogens with zero attached hydrogens (tertiary/aromatic N) is 1. The van der Waals surface area contributed by atoms with Gasteiger partial charge in [-0.1, -0.05) is 115 Å². The van der Waals surface area contributed by atoms with Gasteiger partial charge >= 0.3 is 0 Å². The van der Waals surface area contributed by atoms with Crippen LogP contribution < -0.4 is 5.32 Å². The summed E-state index contributed by atoms with van der Waals surface area (Å²) in [6, 6.07) is 46.4. The van der Waals surface area contributed by atoms with Crippen LogP contribution in [0.25, 0.3) is 60.3 Å². The number of dihydropyridines is 1. The molecule has 204 valence electrons. The standard InChI is InChI=1S/C41H30N2/c1-27-33(19-10-24-42-27)39-21-9-20-38(43-39)30-13-8-14-31(26-30)40-34-15-4-6-17-36(34)41(37-18-7-5-16-35(37)40)32-23-22-28-11-2-3-12-29(28)25-32/h2-26,38,43H,1H3. The molecule has 2 heteroatoms. The molecule has 0 spiro atoms. The molecule has 1 unspecified atom stereocenters. The zero-order chi connectivity index (χ0) is 28.8. The van der Waals surface area contributed by atoms with Crippen LogP contribution in [0.2, 0.25) is 0 Å². The predicted octanol–water partition coefficient (Wildman–Crippen LogP) is 10.4. The fourth-order valence-electron chi connectivity index (χ4n) is 6.64. The molecule has 1 atom stereocenters. The Balaban J connectivity index is 1.29. The van der Waals surface area contributed by atoms with E-state index in [9.17, 15) is 0 Å². The molecule has 7 aromatic rings. The summed E-state index contributed by atoms with van der Waals surface area (Å²) in [4.78, 5) is 4.50. The van der Waals surface area contributed by atoms with Crippen molar-refractivity contribution in [2.24, 2.45) is 0 Å². The molecule has 0 saturated carbocycles. The predicted molar refractivity (Wildman–Crippen MR) is 182 cm³/mol. The fourth-order valence-corrected chi connectivity index (χ4v) is 6.64. The Morgan fingerprint density at radius 1 is 0.581 bits per heavy atom. The first-order valence-corrected chi connectivity index (χ1v) is 14.8. The van der Waals surface area contributed by atoms with Gasteiger partial charge in [0.25, 0.3) is 0 Å². The summed E-state index contributed by atoms with van der Waals surface area (Å²) in [5, 5.41) is 11.3. The number of allylic oxidation sites excluding steroid dienone is 2. The van der Waals surface area contributed by atoms with Gasteiger partial charge in [-0.25, -0.2) is 0 Å². The van der Waals surface area contributed by atoms with Crippen molar-refractivity contribution in [2.75, 3.05) is 0 Å². The third kappa shape index (κ3) is 4.40. The summed E-state index contributed by atoms with van der Waals surface area (Å²) < 4.78 is 0. The average Bonchev–Trinajstić information content (AvgIpc) is 3.07. The van der Waals surface area contributed by atoms with E-state index in [4.69, 9.17) is 0 Å². The zero-order valence-corrected chi connectivity index (χ0v) is 24.0. The van der Waals surface area contributed by atoms with Crippen molar-refractivity contribution in [2.45, 2.75) is 13.0 Å². The Labute approximate surface area is 251 Å². The molecule has 0 bridgehead atoms. The molecule has 2 heterocycles. The first-order chi connectivity index (χ1) is 21.2. The molecule has 43 heavy (non-hydrogen) atoms. The Hall–Kier alpha value is -5.47. The third-order valence-corrected chi connectivity index (χ3v) is 8.68. The van der Waals surface area contributed by atoms with E-state index in [1.54, 1.807) is 0 Å². The van der Waals surface area contributed by atoms with Gasteiger partial charge in [0.2, 0.25) is 0 Å². The van der Waals surface area contributed by atoms with Crippen LogP contribution in [0.1, 0.15) is 22.9 Å². The maximum absolute atomic E-state index is 4.50. The molecule has 0 radical (unpaired) electrons. The van der Waals surface area contributed by atoms with Gasteiger partial charge in [0.15, 0.2) is 0 Å². The van der Waals surface area contributed by atoms with E-state index in [2.05, 4.69) is 157 Å². The Morgan fingerprint density at radius 3 is 1.93 bits per heavy atom. The number of nitrogens with one attached hydrogen (secondary N) is 1. The van der Waals surface area contributed by atoms with Crippen molar-refractivity contribution in [1.29, 1.82) is 0 Å². The summed E-state index contributed by atoms with van der Waals surface area (Å²) in [5.74, 6) is 0. The fraction of sp³-hybridized carbons (Fsp3) is 0.0488. The van der Waals surface area contributed by atoms with Crippen molar-refractivity contribution in [1.82, 2.24) is 10.3 Å². The summed E-state index contributed by atoms with van der Waals surface area (Å²) >= 11 is 0. The maximum atomic E-state index is 4.50. The minimum atomic E-state index is 0.0638. The van der Waals surface area contributed by atoms with Crippen molar-refractivity contribution in [3.8, 4) is 22.3 Å². The highest BCUT2D eigenvalue weighted by Crippen LogP contribution is 2.44. The van der Waals surface area contributed by atoms with Crippen molar-refractivity contribution in [3.05, 3.63) is 169 Å². The van der Waals surface area contributed by atoms with Crippen LogP contribution in [-0.2, 0) is 0 Å². The number of pyridine rings is 1. The second kappa shape index (κ2) is 10.4. The van der Waals surface area contributed by atoms with Crippen LogP contribution in [0, 0.1) is 6.92 Å². The van der Waals surface area contributed by atoms with Crippen LogP contribution in [0.5, 0.6) is 0 Å². The quantitative estimate of drug-likeness (QED) is 0.221. The molecule has 2 nitrogen and oxygen atoms in total. The summed E-state index contributed by atoms with van der Waals surface area (Å²) in [7, 11) is 0. The van der Waals surface area contributed by atoms with Gasteiger partial charge in [-0.3, -0.25) is 4.98 Å². The number of aromatic nitrogens is 1. The summed E-state index contributed by atoms with van der Waals surface area (Å²) in [6.45, 7) is 2.06. The lowest BCUT2D eigenvalue weighted by molar-refractivity contribution is 0.762. The number of rotatable bonds is 4. The SMILES string of the molecule is Cc1ncccc1C1=CC=CC(c2cccc(-c3c4ccccc4c(-c4ccc5ccccc5c4)c4ccccc34)c2)N1. The van der Waals surface area contributed by atoms with Gasteiger partial charge in [0.05, 0.1) is 6.04 Å². The van der Waals surface area contributed by atoms with E-state index >= 15 is 0 Å².